The Morgan fingerprint density at radius 3 is 2.50 bits per heavy atom. The molecule has 1 aromatic heterocycles. The van der Waals surface area contributed by atoms with E-state index < -0.39 is 15.9 Å². The van der Waals surface area contributed by atoms with Crippen molar-refractivity contribution in [3.63, 3.8) is 0 Å². The second-order valence-electron chi connectivity index (χ2n) is 8.51. The third-order valence-corrected chi connectivity index (χ3v) is 7.56. The van der Waals surface area contributed by atoms with Crippen molar-refractivity contribution >= 4 is 59.1 Å². The molecule has 0 saturated heterocycles. The number of benzene rings is 3. The number of carbonyl (C=O) groups is 2. The summed E-state index contributed by atoms with van der Waals surface area (Å²) in [5, 5.41) is 8.04. The van der Waals surface area contributed by atoms with Gasteiger partial charge in [-0.05, 0) is 40.5 Å². The molecule has 2 N–H and O–H groups in total. The average molecular weight is 496 g/mol. The maximum atomic E-state index is 13.0. The average Bonchev–Trinajstić information content (AvgIpc) is 3.18. The lowest BCUT2D eigenvalue weighted by atomic mass is 10.0. The molecule has 0 aliphatic carbocycles. The second-order valence-corrected chi connectivity index (χ2v) is 11.6. The summed E-state index contributed by atoms with van der Waals surface area (Å²) in [6.07, 6.45) is 1.30. The van der Waals surface area contributed by atoms with Gasteiger partial charge in [-0.3, -0.25) is 9.59 Å². The summed E-state index contributed by atoms with van der Waals surface area (Å²) in [4.78, 5) is 30.4. The Kier molecular flexibility index (Phi) is 6.67. The maximum Gasteiger partial charge on any atom is 0.248 e. The fourth-order valence-electron chi connectivity index (χ4n) is 3.75. The molecule has 0 aliphatic rings. The topological polar surface area (TPSA) is 105 Å². The molecule has 1 atom stereocenters. The van der Waals surface area contributed by atoms with E-state index in [-0.39, 0.29) is 29.0 Å². The normalized spacial score (nSPS) is 12.7. The third-order valence-electron chi connectivity index (χ3n) is 5.51. The molecule has 0 aliphatic heterocycles. The minimum atomic E-state index is -3.34. The third kappa shape index (κ3) is 5.26. The molecule has 0 bridgehead atoms. The first-order chi connectivity index (χ1) is 16.1. The molecule has 0 spiro atoms. The molecule has 4 aromatic rings. The van der Waals surface area contributed by atoms with Crippen molar-refractivity contribution in [3.8, 4) is 0 Å². The summed E-state index contributed by atoms with van der Waals surface area (Å²) in [6, 6.07) is 17.6. The number of fused-ring (bicyclic) bond motifs is 2. The molecule has 4 rings (SSSR count). The van der Waals surface area contributed by atoms with Gasteiger partial charge in [-0.15, -0.1) is 0 Å². The number of amides is 2. The first-order valence-electron chi connectivity index (χ1n) is 10.8. The van der Waals surface area contributed by atoms with Gasteiger partial charge in [0.1, 0.15) is 6.04 Å². The summed E-state index contributed by atoms with van der Waals surface area (Å²) in [5.41, 5.74) is 1.49. The van der Waals surface area contributed by atoms with Crippen LogP contribution in [0.15, 0.2) is 65.6 Å². The van der Waals surface area contributed by atoms with Crippen LogP contribution in [0.4, 0.5) is 5.13 Å². The molecule has 176 valence electrons. The Labute approximate surface area is 202 Å². The van der Waals surface area contributed by atoms with Crippen LogP contribution in [0.1, 0.15) is 19.4 Å². The van der Waals surface area contributed by atoms with Crippen molar-refractivity contribution in [3.05, 3.63) is 66.2 Å². The number of thiazole rings is 1. The van der Waals surface area contributed by atoms with Crippen molar-refractivity contribution in [1.29, 1.82) is 0 Å². The molecule has 34 heavy (non-hydrogen) atoms. The Bertz CT molecular complexity index is 1490. The van der Waals surface area contributed by atoms with Gasteiger partial charge < -0.3 is 10.6 Å². The minimum absolute atomic E-state index is 0.150. The van der Waals surface area contributed by atoms with Crippen molar-refractivity contribution in [1.82, 2.24) is 10.3 Å². The summed E-state index contributed by atoms with van der Waals surface area (Å²) >= 11 is 1.19. The highest BCUT2D eigenvalue weighted by molar-refractivity contribution is 7.90. The quantitative estimate of drug-likeness (QED) is 0.400. The molecular weight excluding hydrogens is 470 g/mol. The lowest BCUT2D eigenvalue weighted by Gasteiger charge is -2.21. The number of aromatic nitrogens is 1. The summed E-state index contributed by atoms with van der Waals surface area (Å²) < 4.78 is 24.3. The molecule has 3 aromatic carbocycles. The highest BCUT2D eigenvalue weighted by Gasteiger charge is 2.25. The van der Waals surface area contributed by atoms with E-state index in [1.165, 1.54) is 17.4 Å². The van der Waals surface area contributed by atoms with E-state index in [0.29, 0.717) is 15.3 Å². The number of nitrogens with zero attached hydrogens (tertiary/aromatic N) is 1. The van der Waals surface area contributed by atoms with Crippen molar-refractivity contribution < 1.29 is 18.0 Å². The van der Waals surface area contributed by atoms with E-state index >= 15 is 0 Å². The molecule has 7 nitrogen and oxygen atoms in total. The zero-order chi connectivity index (χ0) is 24.5. The van der Waals surface area contributed by atoms with Gasteiger partial charge in [0.2, 0.25) is 11.8 Å². The molecule has 1 unspecified atom stereocenters. The van der Waals surface area contributed by atoms with E-state index in [0.717, 1.165) is 22.6 Å². The van der Waals surface area contributed by atoms with Gasteiger partial charge in [0.15, 0.2) is 15.0 Å². The van der Waals surface area contributed by atoms with Crippen LogP contribution < -0.4 is 10.6 Å². The van der Waals surface area contributed by atoms with Crippen LogP contribution in [0.5, 0.6) is 0 Å². The number of carbonyl (C=O) groups excluding carboxylic acids is 2. The van der Waals surface area contributed by atoms with Gasteiger partial charge in [-0.2, -0.15) is 0 Å². The Morgan fingerprint density at radius 1 is 1.03 bits per heavy atom. The largest absolute Gasteiger partial charge is 0.344 e. The van der Waals surface area contributed by atoms with Gasteiger partial charge in [0, 0.05) is 6.26 Å². The number of hydrogen-bond donors (Lipinski definition) is 2. The van der Waals surface area contributed by atoms with Gasteiger partial charge in [0.05, 0.1) is 21.5 Å². The minimum Gasteiger partial charge on any atom is -0.344 e. The summed E-state index contributed by atoms with van der Waals surface area (Å²) in [6.45, 7) is 3.72. The van der Waals surface area contributed by atoms with Crippen LogP contribution >= 0.6 is 11.3 Å². The fraction of sp³-hybridized carbons (Fsp3) is 0.240. The first-order valence-corrected chi connectivity index (χ1v) is 13.5. The molecule has 9 heteroatoms. The summed E-state index contributed by atoms with van der Waals surface area (Å²) in [5.74, 6) is -0.765. The predicted octanol–water partition coefficient (Wildman–Crippen LogP) is 4.18. The van der Waals surface area contributed by atoms with Gasteiger partial charge in [-0.25, -0.2) is 13.4 Å². The van der Waals surface area contributed by atoms with Crippen LogP contribution in [0.3, 0.4) is 0 Å². The number of nitrogens with one attached hydrogen (secondary N) is 2. The maximum absolute atomic E-state index is 13.0. The molecule has 0 saturated carbocycles. The van der Waals surface area contributed by atoms with Gasteiger partial charge >= 0.3 is 0 Å². The SMILES string of the molecule is CC(C)C(NC(=O)Cc1cccc2ccccc12)C(=O)Nc1nc2ccc(S(C)(=O)=O)cc2s1. The predicted molar refractivity (Wildman–Crippen MR) is 136 cm³/mol. The van der Waals surface area contributed by atoms with Crippen molar-refractivity contribution in [2.24, 2.45) is 5.92 Å². The Balaban J connectivity index is 1.48. The van der Waals surface area contributed by atoms with Crippen LogP contribution in [0.2, 0.25) is 0 Å². The van der Waals surface area contributed by atoms with Crippen molar-refractivity contribution in [2.75, 3.05) is 11.6 Å². The van der Waals surface area contributed by atoms with Crippen molar-refractivity contribution in [2.45, 2.75) is 31.2 Å². The van der Waals surface area contributed by atoms with Crippen LogP contribution in [0.25, 0.3) is 21.0 Å². The standard InChI is InChI=1S/C25H25N3O4S2/c1-15(2)23(27-22(29)13-17-9-6-8-16-7-4-5-10-19(16)17)24(30)28-25-26-20-12-11-18(34(3,31)32)14-21(20)33-25/h4-12,14-15,23H,13H2,1-3H3,(H,27,29)(H,26,28,30). The molecular formula is C25H25N3O4S2. The number of rotatable bonds is 7. The van der Waals surface area contributed by atoms with E-state index in [4.69, 9.17) is 0 Å². The van der Waals surface area contributed by atoms with Crippen LogP contribution in [0, 0.1) is 5.92 Å². The lowest BCUT2D eigenvalue weighted by molar-refractivity contribution is -0.127. The zero-order valence-corrected chi connectivity index (χ0v) is 20.7. The van der Waals surface area contributed by atoms with Crippen LogP contribution in [-0.4, -0.2) is 37.5 Å². The van der Waals surface area contributed by atoms with Crippen LogP contribution in [-0.2, 0) is 25.8 Å². The Morgan fingerprint density at radius 2 is 1.76 bits per heavy atom. The first kappa shape index (κ1) is 23.8. The second kappa shape index (κ2) is 9.52. The molecule has 1 heterocycles. The van der Waals surface area contributed by atoms with E-state index in [2.05, 4.69) is 15.6 Å². The van der Waals surface area contributed by atoms with Gasteiger partial charge in [-0.1, -0.05) is 67.6 Å². The smallest absolute Gasteiger partial charge is 0.248 e. The van der Waals surface area contributed by atoms with Gasteiger partial charge in [0.25, 0.3) is 0 Å². The number of sulfone groups is 1. The monoisotopic (exact) mass is 495 g/mol. The highest BCUT2D eigenvalue weighted by Crippen LogP contribution is 2.28. The highest BCUT2D eigenvalue weighted by atomic mass is 32.2. The zero-order valence-electron chi connectivity index (χ0n) is 19.0. The van der Waals surface area contributed by atoms with E-state index in [1.54, 1.807) is 12.1 Å². The number of hydrogen-bond acceptors (Lipinski definition) is 6. The number of anilines is 1. The molecule has 2 amide bonds. The molecule has 0 fully saturated rings. The van der Waals surface area contributed by atoms with E-state index in [1.807, 2.05) is 56.3 Å². The lowest BCUT2D eigenvalue weighted by Crippen LogP contribution is -2.47. The fourth-order valence-corrected chi connectivity index (χ4v) is 5.38. The molecule has 0 radical (unpaired) electrons. The summed E-state index contributed by atoms with van der Waals surface area (Å²) in [7, 11) is -3.34. The Hall–Kier alpha value is -3.30. The van der Waals surface area contributed by atoms with E-state index in [9.17, 15) is 18.0 Å².